The highest BCUT2D eigenvalue weighted by Gasteiger charge is 2.12. The summed E-state index contributed by atoms with van der Waals surface area (Å²) in [6.07, 6.45) is 0. The minimum absolute atomic E-state index is 0.166. The molecule has 1 N–H and O–H groups in total. The van der Waals surface area contributed by atoms with E-state index in [1.807, 2.05) is 31.2 Å². The number of hydrogen-bond acceptors (Lipinski definition) is 6. The zero-order valence-corrected chi connectivity index (χ0v) is 16.0. The van der Waals surface area contributed by atoms with E-state index in [9.17, 15) is 9.59 Å². The number of aliphatic imine (C=N–C) groups is 1. The average Bonchev–Trinajstić information content (AvgIpc) is 3.19. The lowest BCUT2D eigenvalue weighted by atomic mass is 10.1. The van der Waals surface area contributed by atoms with Gasteiger partial charge in [0.05, 0.1) is 6.54 Å². The molecule has 142 valence electrons. The van der Waals surface area contributed by atoms with E-state index >= 15 is 0 Å². The first kappa shape index (κ1) is 18.3. The third-order valence-corrected chi connectivity index (χ3v) is 5.24. The molecule has 1 aliphatic rings. The second-order valence-electron chi connectivity index (χ2n) is 6.38. The molecule has 0 radical (unpaired) electrons. The number of carbonyl (C=O) groups is 1. The van der Waals surface area contributed by atoms with E-state index in [2.05, 4.69) is 10.3 Å². The maximum atomic E-state index is 12.2. The number of fused-ring (bicyclic) bond motifs is 1. The van der Waals surface area contributed by atoms with Crippen molar-refractivity contribution < 1.29 is 13.9 Å². The van der Waals surface area contributed by atoms with Crippen LogP contribution in [-0.2, 0) is 6.61 Å². The first-order valence-corrected chi connectivity index (χ1v) is 9.82. The molecule has 1 aliphatic heterocycles. The molecule has 7 heteroatoms. The molecule has 0 atom stereocenters. The first-order chi connectivity index (χ1) is 13.6. The van der Waals surface area contributed by atoms with Gasteiger partial charge in [0, 0.05) is 28.8 Å². The highest BCUT2D eigenvalue weighted by Crippen LogP contribution is 2.23. The quantitative estimate of drug-likeness (QED) is 0.685. The Morgan fingerprint density at radius 2 is 2.04 bits per heavy atom. The summed E-state index contributed by atoms with van der Waals surface area (Å²) in [5, 5.41) is 4.36. The van der Waals surface area contributed by atoms with Crippen LogP contribution >= 0.6 is 11.8 Å². The molecule has 28 heavy (non-hydrogen) atoms. The molecule has 6 nitrogen and oxygen atoms in total. The number of nitrogens with zero attached hydrogens (tertiary/aromatic N) is 1. The van der Waals surface area contributed by atoms with Crippen molar-refractivity contribution >= 4 is 33.8 Å². The Labute approximate surface area is 165 Å². The molecule has 1 aromatic heterocycles. The van der Waals surface area contributed by atoms with Gasteiger partial charge in [-0.1, -0.05) is 23.9 Å². The van der Waals surface area contributed by atoms with Crippen LogP contribution < -0.4 is 15.7 Å². The number of nitrogens with one attached hydrogen (secondary N) is 1. The van der Waals surface area contributed by atoms with Crippen molar-refractivity contribution in [1.82, 2.24) is 5.32 Å². The normalized spacial score (nSPS) is 13.4. The fourth-order valence-electron chi connectivity index (χ4n) is 2.89. The van der Waals surface area contributed by atoms with Crippen LogP contribution in [-0.4, -0.2) is 23.4 Å². The molecule has 0 spiro atoms. The average molecular weight is 394 g/mol. The van der Waals surface area contributed by atoms with E-state index in [1.165, 1.54) is 6.07 Å². The van der Waals surface area contributed by atoms with E-state index in [0.717, 1.165) is 28.8 Å². The summed E-state index contributed by atoms with van der Waals surface area (Å²) < 4.78 is 11.0. The molecule has 4 rings (SSSR count). The van der Waals surface area contributed by atoms with Crippen molar-refractivity contribution in [3.05, 3.63) is 75.6 Å². The van der Waals surface area contributed by atoms with Crippen molar-refractivity contribution in [3.63, 3.8) is 0 Å². The van der Waals surface area contributed by atoms with Crippen LogP contribution in [0.5, 0.6) is 5.75 Å². The van der Waals surface area contributed by atoms with Crippen molar-refractivity contribution in [2.45, 2.75) is 13.5 Å². The fraction of sp³-hybridized carbons (Fsp3) is 0.190. The zero-order chi connectivity index (χ0) is 19.5. The molecule has 1 amide bonds. The van der Waals surface area contributed by atoms with Crippen molar-refractivity contribution in [1.29, 1.82) is 0 Å². The van der Waals surface area contributed by atoms with E-state index in [-0.39, 0.29) is 11.5 Å². The van der Waals surface area contributed by atoms with Crippen LogP contribution in [0.1, 0.15) is 21.5 Å². The molecule has 3 aromatic rings. The highest BCUT2D eigenvalue weighted by molar-refractivity contribution is 8.14. The summed E-state index contributed by atoms with van der Waals surface area (Å²) >= 11 is 1.55. The van der Waals surface area contributed by atoms with Crippen molar-refractivity contribution in [2.75, 3.05) is 12.3 Å². The largest absolute Gasteiger partial charge is 0.489 e. The number of hydrogen-bond donors (Lipinski definition) is 1. The second-order valence-corrected chi connectivity index (χ2v) is 7.47. The maximum absolute atomic E-state index is 12.2. The van der Waals surface area contributed by atoms with E-state index in [1.54, 1.807) is 30.0 Å². The van der Waals surface area contributed by atoms with Crippen molar-refractivity contribution in [2.24, 2.45) is 4.99 Å². The van der Waals surface area contributed by atoms with Gasteiger partial charge in [0.2, 0.25) is 0 Å². The number of amides is 1. The number of benzene rings is 2. The lowest BCUT2D eigenvalue weighted by Gasteiger charge is -2.09. The topological polar surface area (TPSA) is 80.9 Å². The number of rotatable bonds is 4. The number of carbonyl (C=O) groups excluding carboxylic acids is 1. The molecule has 0 saturated carbocycles. The minimum Gasteiger partial charge on any atom is -0.489 e. The lowest BCUT2D eigenvalue weighted by molar-refractivity contribution is 0.0978. The predicted molar refractivity (Wildman–Crippen MR) is 110 cm³/mol. The van der Waals surface area contributed by atoms with Gasteiger partial charge in [-0.05, 0) is 42.3 Å². The number of amidine groups is 1. The van der Waals surface area contributed by atoms with Gasteiger partial charge in [-0.15, -0.1) is 0 Å². The third kappa shape index (κ3) is 4.09. The van der Waals surface area contributed by atoms with Gasteiger partial charge < -0.3 is 14.5 Å². The molecule has 0 bridgehead atoms. The van der Waals surface area contributed by atoms with Crippen LogP contribution in [0.2, 0.25) is 0 Å². The number of thioether (sulfide) groups is 1. The SMILES string of the molecule is Cc1cc(=O)oc2cc(OCc3ccc(C(=O)NC4=NCCS4)cc3)ccc12. The number of ether oxygens (including phenoxy) is 1. The Morgan fingerprint density at radius 3 is 2.79 bits per heavy atom. The molecule has 2 heterocycles. The Bertz CT molecular complexity index is 1120. The molecular formula is C21H18N2O4S. The van der Waals surface area contributed by atoms with Gasteiger partial charge in [-0.2, -0.15) is 0 Å². The smallest absolute Gasteiger partial charge is 0.336 e. The van der Waals surface area contributed by atoms with Crippen molar-refractivity contribution in [3.8, 4) is 5.75 Å². The van der Waals surface area contributed by atoms with E-state index in [4.69, 9.17) is 9.15 Å². The Kier molecular flexibility index (Phi) is 5.16. The maximum Gasteiger partial charge on any atom is 0.336 e. The predicted octanol–water partition coefficient (Wildman–Crippen LogP) is 3.51. The molecule has 0 aliphatic carbocycles. The van der Waals surface area contributed by atoms with E-state index in [0.29, 0.717) is 28.7 Å². The van der Waals surface area contributed by atoms with E-state index < -0.39 is 0 Å². The van der Waals surface area contributed by atoms with Crippen LogP contribution in [0, 0.1) is 6.92 Å². The fourth-order valence-corrected chi connectivity index (χ4v) is 3.62. The summed E-state index contributed by atoms with van der Waals surface area (Å²) in [7, 11) is 0. The Balaban J connectivity index is 1.41. The summed E-state index contributed by atoms with van der Waals surface area (Å²) in [5.41, 5.74) is 2.49. The summed E-state index contributed by atoms with van der Waals surface area (Å²) in [5.74, 6) is 1.35. The van der Waals surface area contributed by atoms with Crippen LogP contribution in [0.4, 0.5) is 0 Å². The summed E-state index contributed by atoms with van der Waals surface area (Å²) in [6, 6.07) is 14.1. The Morgan fingerprint density at radius 1 is 1.21 bits per heavy atom. The lowest BCUT2D eigenvalue weighted by Crippen LogP contribution is -2.27. The van der Waals surface area contributed by atoms with Gasteiger partial charge in [0.15, 0.2) is 5.17 Å². The van der Waals surface area contributed by atoms with Gasteiger partial charge in [0.1, 0.15) is 17.9 Å². The minimum atomic E-state index is -0.377. The first-order valence-electron chi connectivity index (χ1n) is 8.83. The third-order valence-electron chi connectivity index (χ3n) is 4.35. The molecule has 0 fully saturated rings. The zero-order valence-electron chi connectivity index (χ0n) is 15.2. The standard InChI is InChI=1S/C21H18N2O4S/c1-13-10-19(24)27-18-11-16(6-7-17(13)18)26-12-14-2-4-15(5-3-14)20(25)23-21-22-8-9-28-21/h2-7,10-11H,8-9,12H2,1H3,(H,22,23,25). The van der Waals surface area contributed by atoms with Crippen LogP contribution in [0.25, 0.3) is 11.0 Å². The highest BCUT2D eigenvalue weighted by atomic mass is 32.2. The van der Waals surface area contributed by atoms with Gasteiger partial charge in [-0.3, -0.25) is 9.79 Å². The second kappa shape index (κ2) is 7.90. The number of aryl methyl sites for hydroxylation is 1. The monoisotopic (exact) mass is 394 g/mol. The molecular weight excluding hydrogens is 376 g/mol. The Hall–Kier alpha value is -3.06. The van der Waals surface area contributed by atoms with Crippen LogP contribution in [0.3, 0.4) is 0 Å². The summed E-state index contributed by atoms with van der Waals surface area (Å²) in [6.45, 7) is 2.95. The van der Waals surface area contributed by atoms with Crippen LogP contribution in [0.15, 0.2) is 62.7 Å². The van der Waals surface area contributed by atoms with Gasteiger partial charge >= 0.3 is 5.63 Å². The molecule has 2 aromatic carbocycles. The van der Waals surface area contributed by atoms with Gasteiger partial charge in [-0.25, -0.2) is 4.79 Å². The molecule has 0 unspecified atom stereocenters. The molecule has 0 saturated heterocycles. The van der Waals surface area contributed by atoms with Gasteiger partial charge in [0.25, 0.3) is 5.91 Å². The summed E-state index contributed by atoms with van der Waals surface area (Å²) in [4.78, 5) is 28.0.